The molecule has 1 fully saturated rings. The SMILES string of the molecule is CC(C)C1C2CCNC1c1nnoc12. The first-order valence-electron chi connectivity index (χ1n) is 5.34. The van der Waals surface area contributed by atoms with Gasteiger partial charge in [0, 0.05) is 11.2 Å². The van der Waals surface area contributed by atoms with Gasteiger partial charge >= 0.3 is 0 Å². The zero-order valence-electron chi connectivity index (χ0n) is 8.53. The number of rotatable bonds is 1. The van der Waals surface area contributed by atoms with Crippen LogP contribution in [0.2, 0.25) is 0 Å². The normalized spacial score (nSPS) is 34.9. The van der Waals surface area contributed by atoms with E-state index in [-0.39, 0.29) is 0 Å². The van der Waals surface area contributed by atoms with Crippen LogP contribution in [0.3, 0.4) is 0 Å². The summed E-state index contributed by atoms with van der Waals surface area (Å²) < 4.78 is 5.27. The van der Waals surface area contributed by atoms with Gasteiger partial charge in [-0.1, -0.05) is 13.8 Å². The standard InChI is InChI=1S/C10H15N3O/c1-5(2)7-6-3-4-11-8(7)9-10(6)14-13-12-9/h5-8,11H,3-4H2,1-2H3. The Bertz CT molecular complexity index is 320. The summed E-state index contributed by atoms with van der Waals surface area (Å²) in [6, 6.07) is 0.384. The molecule has 1 aromatic rings. The minimum absolute atomic E-state index is 0.384. The Hall–Kier alpha value is -0.900. The van der Waals surface area contributed by atoms with Gasteiger partial charge < -0.3 is 9.84 Å². The van der Waals surface area contributed by atoms with Gasteiger partial charge in [-0.25, -0.2) is 0 Å². The highest BCUT2D eigenvalue weighted by atomic mass is 16.5. The summed E-state index contributed by atoms with van der Waals surface area (Å²) in [4.78, 5) is 0. The van der Waals surface area contributed by atoms with Crippen molar-refractivity contribution in [1.29, 1.82) is 0 Å². The van der Waals surface area contributed by atoms with E-state index in [1.54, 1.807) is 0 Å². The van der Waals surface area contributed by atoms with E-state index >= 15 is 0 Å². The third kappa shape index (κ3) is 0.919. The van der Waals surface area contributed by atoms with Gasteiger partial charge in [0.25, 0.3) is 0 Å². The fourth-order valence-corrected chi connectivity index (χ4v) is 3.07. The molecule has 1 aliphatic heterocycles. The molecule has 14 heavy (non-hydrogen) atoms. The molecular formula is C10H15N3O. The highest BCUT2D eigenvalue weighted by Crippen LogP contribution is 2.51. The Morgan fingerprint density at radius 3 is 3.14 bits per heavy atom. The van der Waals surface area contributed by atoms with Crippen LogP contribution in [0, 0.1) is 11.8 Å². The Morgan fingerprint density at radius 1 is 1.50 bits per heavy atom. The molecule has 0 aromatic carbocycles. The van der Waals surface area contributed by atoms with Crippen LogP contribution < -0.4 is 5.32 Å². The molecular weight excluding hydrogens is 178 g/mol. The zero-order valence-corrected chi connectivity index (χ0v) is 8.53. The lowest BCUT2D eigenvalue weighted by Gasteiger charge is -2.33. The van der Waals surface area contributed by atoms with Crippen molar-refractivity contribution in [3.05, 3.63) is 11.5 Å². The van der Waals surface area contributed by atoms with E-state index in [0.717, 1.165) is 24.4 Å². The van der Waals surface area contributed by atoms with Crippen molar-refractivity contribution in [2.24, 2.45) is 11.8 Å². The Morgan fingerprint density at radius 2 is 2.36 bits per heavy atom. The van der Waals surface area contributed by atoms with Gasteiger partial charge in [-0.05, 0) is 24.8 Å². The third-order valence-electron chi connectivity index (χ3n) is 3.61. The second-order valence-electron chi connectivity index (χ2n) is 4.67. The fraction of sp³-hybridized carbons (Fsp3) is 0.800. The van der Waals surface area contributed by atoms with E-state index in [0.29, 0.717) is 23.8 Å². The molecule has 0 saturated carbocycles. The maximum atomic E-state index is 5.27. The molecule has 3 unspecified atom stereocenters. The summed E-state index contributed by atoms with van der Waals surface area (Å²) in [6.07, 6.45) is 1.16. The van der Waals surface area contributed by atoms with Crippen LogP contribution in [0.5, 0.6) is 0 Å². The summed E-state index contributed by atoms with van der Waals surface area (Å²) in [5.41, 5.74) is 1.06. The summed E-state index contributed by atoms with van der Waals surface area (Å²) in [5.74, 6) is 2.90. The van der Waals surface area contributed by atoms with Gasteiger partial charge in [-0.15, -0.1) is 5.10 Å². The average molecular weight is 193 g/mol. The van der Waals surface area contributed by atoms with Gasteiger partial charge in [0.15, 0.2) is 5.76 Å². The second kappa shape index (κ2) is 2.79. The molecule has 2 heterocycles. The smallest absolute Gasteiger partial charge is 0.165 e. The first-order valence-corrected chi connectivity index (χ1v) is 5.34. The molecule has 1 aliphatic carbocycles. The number of hydrogen-bond donors (Lipinski definition) is 1. The van der Waals surface area contributed by atoms with E-state index in [1.165, 1.54) is 0 Å². The van der Waals surface area contributed by atoms with E-state index in [1.807, 2.05) is 0 Å². The number of nitrogens with zero attached hydrogens (tertiary/aromatic N) is 2. The maximum absolute atomic E-state index is 5.27. The molecule has 76 valence electrons. The van der Waals surface area contributed by atoms with Crippen LogP contribution in [-0.2, 0) is 0 Å². The first kappa shape index (κ1) is 8.41. The summed E-state index contributed by atoms with van der Waals surface area (Å²) in [7, 11) is 0. The monoisotopic (exact) mass is 193 g/mol. The molecule has 1 aromatic heterocycles. The molecule has 4 heteroatoms. The Kier molecular flexibility index (Phi) is 1.68. The van der Waals surface area contributed by atoms with Crippen molar-refractivity contribution in [3.63, 3.8) is 0 Å². The largest absolute Gasteiger partial charge is 0.341 e. The summed E-state index contributed by atoms with van der Waals surface area (Å²) in [6.45, 7) is 5.62. The van der Waals surface area contributed by atoms with Crippen LogP contribution in [0.4, 0.5) is 0 Å². The van der Waals surface area contributed by atoms with Crippen molar-refractivity contribution < 1.29 is 4.52 Å². The summed E-state index contributed by atoms with van der Waals surface area (Å²) in [5, 5.41) is 11.3. The van der Waals surface area contributed by atoms with Gasteiger partial charge in [-0.2, -0.15) is 0 Å². The van der Waals surface area contributed by atoms with Crippen LogP contribution in [0.15, 0.2) is 4.52 Å². The van der Waals surface area contributed by atoms with Crippen LogP contribution >= 0.6 is 0 Å². The summed E-state index contributed by atoms with van der Waals surface area (Å²) >= 11 is 0. The van der Waals surface area contributed by atoms with E-state index in [4.69, 9.17) is 4.52 Å². The predicted molar refractivity (Wildman–Crippen MR) is 50.7 cm³/mol. The van der Waals surface area contributed by atoms with Gasteiger partial charge in [0.2, 0.25) is 0 Å². The number of piperidine rings is 1. The molecule has 1 saturated heterocycles. The predicted octanol–water partition coefficient (Wildman–Crippen LogP) is 1.47. The quantitative estimate of drug-likeness (QED) is 0.733. The van der Waals surface area contributed by atoms with Crippen LogP contribution in [-0.4, -0.2) is 16.9 Å². The van der Waals surface area contributed by atoms with Crippen molar-refractivity contribution in [3.8, 4) is 0 Å². The molecule has 2 aliphatic rings. The molecule has 1 N–H and O–H groups in total. The minimum Gasteiger partial charge on any atom is -0.341 e. The fourth-order valence-electron chi connectivity index (χ4n) is 3.07. The average Bonchev–Trinajstić information content (AvgIpc) is 2.69. The van der Waals surface area contributed by atoms with Crippen molar-refractivity contribution >= 4 is 0 Å². The molecule has 4 nitrogen and oxygen atoms in total. The lowest BCUT2D eigenvalue weighted by atomic mass is 9.79. The Balaban J connectivity index is 2.05. The topological polar surface area (TPSA) is 51.0 Å². The van der Waals surface area contributed by atoms with Gasteiger partial charge in [0.05, 0.1) is 6.04 Å². The molecule has 0 radical (unpaired) electrons. The van der Waals surface area contributed by atoms with Crippen molar-refractivity contribution in [1.82, 2.24) is 15.7 Å². The van der Waals surface area contributed by atoms with Gasteiger partial charge in [0.1, 0.15) is 5.69 Å². The lowest BCUT2D eigenvalue weighted by Crippen LogP contribution is -2.36. The molecule has 0 amide bonds. The Labute approximate surface area is 83.0 Å². The van der Waals surface area contributed by atoms with Crippen molar-refractivity contribution in [2.75, 3.05) is 6.54 Å². The van der Waals surface area contributed by atoms with E-state index in [2.05, 4.69) is 29.5 Å². The number of hydrogen-bond acceptors (Lipinski definition) is 4. The maximum Gasteiger partial charge on any atom is 0.165 e. The van der Waals surface area contributed by atoms with Crippen LogP contribution in [0.1, 0.15) is 43.7 Å². The van der Waals surface area contributed by atoms with E-state index < -0.39 is 0 Å². The highest BCUT2D eigenvalue weighted by molar-refractivity contribution is 5.28. The molecule has 3 rings (SSSR count). The van der Waals surface area contributed by atoms with Gasteiger partial charge in [-0.3, -0.25) is 0 Å². The minimum atomic E-state index is 0.384. The van der Waals surface area contributed by atoms with Crippen LogP contribution in [0.25, 0.3) is 0 Å². The lowest BCUT2D eigenvalue weighted by molar-refractivity contribution is 0.187. The number of fused-ring (bicyclic) bond motifs is 5. The molecule has 2 bridgehead atoms. The molecule has 3 atom stereocenters. The number of aromatic nitrogens is 2. The highest BCUT2D eigenvalue weighted by Gasteiger charge is 2.48. The van der Waals surface area contributed by atoms with E-state index in [9.17, 15) is 0 Å². The van der Waals surface area contributed by atoms with Crippen molar-refractivity contribution in [2.45, 2.75) is 32.2 Å². The first-order chi connectivity index (χ1) is 6.79. The zero-order chi connectivity index (χ0) is 9.71. The molecule has 0 spiro atoms. The second-order valence-corrected chi connectivity index (χ2v) is 4.67. The third-order valence-corrected chi connectivity index (χ3v) is 3.61. The number of nitrogens with one attached hydrogen (secondary N) is 1.